The zero-order valence-electron chi connectivity index (χ0n) is 16.8. The molecule has 0 fully saturated rings. The Hall–Kier alpha value is -3.40. The average Bonchev–Trinajstić information content (AvgIpc) is 3.23. The van der Waals surface area contributed by atoms with Crippen LogP contribution in [-0.2, 0) is 17.6 Å². The van der Waals surface area contributed by atoms with E-state index in [9.17, 15) is 9.59 Å². The molecule has 0 saturated heterocycles. The van der Waals surface area contributed by atoms with Crippen molar-refractivity contribution in [1.82, 2.24) is 0 Å². The Morgan fingerprint density at radius 1 is 0.833 bits per heavy atom. The predicted octanol–water partition coefficient (Wildman–Crippen LogP) is 4.95. The monoisotopic (exact) mass is 396 g/mol. The van der Waals surface area contributed by atoms with Crippen LogP contribution in [-0.4, -0.2) is 18.4 Å². The van der Waals surface area contributed by atoms with E-state index in [1.54, 1.807) is 12.1 Å². The highest BCUT2D eigenvalue weighted by molar-refractivity contribution is 6.07. The molecule has 3 aromatic rings. The quantitative estimate of drug-likeness (QED) is 0.681. The number of fused-ring (bicyclic) bond motifs is 2. The summed E-state index contributed by atoms with van der Waals surface area (Å²) in [5.41, 5.74) is 5.98. The number of rotatable bonds is 3. The topological polar surface area (TPSA) is 49.4 Å². The number of nitrogens with zero attached hydrogens (tertiary/aromatic N) is 1. The van der Waals surface area contributed by atoms with E-state index >= 15 is 0 Å². The summed E-state index contributed by atoms with van der Waals surface area (Å²) in [7, 11) is 0. The van der Waals surface area contributed by atoms with E-state index in [0.717, 1.165) is 42.6 Å². The van der Waals surface area contributed by atoms with Gasteiger partial charge in [-0.25, -0.2) is 0 Å². The van der Waals surface area contributed by atoms with Crippen molar-refractivity contribution in [3.8, 4) is 0 Å². The Morgan fingerprint density at radius 2 is 1.57 bits per heavy atom. The molecule has 1 atom stereocenters. The van der Waals surface area contributed by atoms with E-state index in [4.69, 9.17) is 0 Å². The van der Waals surface area contributed by atoms with E-state index in [1.807, 2.05) is 47.4 Å². The maximum absolute atomic E-state index is 13.0. The van der Waals surface area contributed by atoms with Crippen LogP contribution < -0.4 is 10.2 Å². The van der Waals surface area contributed by atoms with Gasteiger partial charge in [-0.2, -0.15) is 0 Å². The summed E-state index contributed by atoms with van der Waals surface area (Å²) < 4.78 is 0. The van der Waals surface area contributed by atoms with Gasteiger partial charge in [-0.15, -0.1) is 0 Å². The molecule has 0 aromatic heterocycles. The lowest BCUT2D eigenvalue weighted by Crippen LogP contribution is -2.29. The zero-order chi connectivity index (χ0) is 20.5. The molecule has 30 heavy (non-hydrogen) atoms. The van der Waals surface area contributed by atoms with Crippen LogP contribution in [0.3, 0.4) is 0 Å². The number of amides is 2. The number of benzene rings is 3. The summed E-state index contributed by atoms with van der Waals surface area (Å²) in [4.78, 5) is 27.7. The molecule has 1 aliphatic heterocycles. The van der Waals surface area contributed by atoms with Crippen molar-refractivity contribution in [3.05, 3.63) is 95.1 Å². The minimum Gasteiger partial charge on any atom is -0.326 e. The molecule has 0 radical (unpaired) electrons. The Bertz CT molecular complexity index is 1100. The smallest absolute Gasteiger partial charge is 0.258 e. The highest BCUT2D eigenvalue weighted by atomic mass is 16.2. The second kappa shape index (κ2) is 7.79. The Kier molecular flexibility index (Phi) is 4.83. The maximum Gasteiger partial charge on any atom is 0.258 e. The lowest BCUT2D eigenvalue weighted by Gasteiger charge is -2.24. The molecule has 150 valence electrons. The van der Waals surface area contributed by atoms with Crippen molar-refractivity contribution in [2.24, 2.45) is 0 Å². The fraction of sp³-hybridized carbons (Fsp3) is 0.231. The molecule has 0 spiro atoms. The molecule has 0 bridgehead atoms. The first-order valence-electron chi connectivity index (χ1n) is 10.6. The van der Waals surface area contributed by atoms with Crippen molar-refractivity contribution in [3.63, 3.8) is 0 Å². The molecule has 4 nitrogen and oxygen atoms in total. The average molecular weight is 396 g/mol. The van der Waals surface area contributed by atoms with Crippen LogP contribution in [0, 0.1) is 0 Å². The molecule has 2 aliphatic rings. The predicted molar refractivity (Wildman–Crippen MR) is 119 cm³/mol. The van der Waals surface area contributed by atoms with Gasteiger partial charge in [0.25, 0.3) is 5.91 Å². The van der Waals surface area contributed by atoms with Gasteiger partial charge in [-0.1, -0.05) is 42.5 Å². The Labute approximate surface area is 176 Å². The second-order valence-electron chi connectivity index (χ2n) is 8.05. The highest BCUT2D eigenvalue weighted by Crippen LogP contribution is 2.33. The molecule has 4 heteroatoms. The molecule has 2 amide bonds. The van der Waals surface area contributed by atoms with Crippen molar-refractivity contribution >= 4 is 23.2 Å². The molecular formula is C26H24N2O2. The largest absolute Gasteiger partial charge is 0.326 e. The molecule has 1 N–H and O–H groups in total. The maximum atomic E-state index is 13.0. The number of hydrogen-bond acceptors (Lipinski definition) is 2. The van der Waals surface area contributed by atoms with Crippen LogP contribution in [0.2, 0.25) is 0 Å². The van der Waals surface area contributed by atoms with Crippen LogP contribution in [0.5, 0.6) is 0 Å². The van der Waals surface area contributed by atoms with Gasteiger partial charge < -0.3 is 10.2 Å². The van der Waals surface area contributed by atoms with Gasteiger partial charge in [-0.3, -0.25) is 9.59 Å². The van der Waals surface area contributed by atoms with Gasteiger partial charge in [0.1, 0.15) is 0 Å². The molecule has 1 unspecified atom stereocenters. The number of carbonyl (C=O) groups is 2. The van der Waals surface area contributed by atoms with Gasteiger partial charge in [0, 0.05) is 23.5 Å². The summed E-state index contributed by atoms with van der Waals surface area (Å²) in [6.45, 7) is 0.706. The third-order valence-corrected chi connectivity index (χ3v) is 6.22. The molecule has 1 aliphatic carbocycles. The summed E-state index contributed by atoms with van der Waals surface area (Å²) in [5.74, 6) is -0.0916. The zero-order valence-corrected chi connectivity index (χ0v) is 16.8. The SMILES string of the molecule is O=C(Nc1ccc(C(=O)N2CCc3ccccc32)cc1)C1CCCc2ccccc21. The Balaban J connectivity index is 1.29. The minimum absolute atomic E-state index is 0.000894. The van der Waals surface area contributed by atoms with Crippen LogP contribution in [0.15, 0.2) is 72.8 Å². The van der Waals surface area contributed by atoms with Gasteiger partial charge in [0.15, 0.2) is 0 Å². The fourth-order valence-electron chi connectivity index (χ4n) is 4.66. The van der Waals surface area contributed by atoms with Crippen LogP contribution in [0.25, 0.3) is 0 Å². The number of anilines is 2. The first-order chi connectivity index (χ1) is 14.7. The third kappa shape index (κ3) is 3.39. The summed E-state index contributed by atoms with van der Waals surface area (Å²) in [6.07, 6.45) is 3.82. The van der Waals surface area contributed by atoms with Crippen molar-refractivity contribution in [2.75, 3.05) is 16.8 Å². The molecule has 0 saturated carbocycles. The second-order valence-corrected chi connectivity index (χ2v) is 8.05. The molecular weight excluding hydrogens is 372 g/mol. The van der Waals surface area contributed by atoms with E-state index in [0.29, 0.717) is 12.1 Å². The van der Waals surface area contributed by atoms with Gasteiger partial charge in [-0.05, 0) is 72.7 Å². The first-order valence-corrected chi connectivity index (χ1v) is 10.6. The van der Waals surface area contributed by atoms with Crippen molar-refractivity contribution in [1.29, 1.82) is 0 Å². The molecule has 5 rings (SSSR count). The van der Waals surface area contributed by atoms with Crippen molar-refractivity contribution < 1.29 is 9.59 Å². The Morgan fingerprint density at radius 3 is 2.40 bits per heavy atom. The first kappa shape index (κ1) is 18.6. The highest BCUT2D eigenvalue weighted by Gasteiger charge is 2.27. The number of nitrogens with one attached hydrogen (secondary N) is 1. The fourth-order valence-corrected chi connectivity index (χ4v) is 4.66. The van der Waals surface area contributed by atoms with Crippen LogP contribution >= 0.6 is 0 Å². The number of para-hydroxylation sites is 1. The number of carbonyl (C=O) groups excluding carboxylic acids is 2. The van der Waals surface area contributed by atoms with E-state index in [2.05, 4.69) is 23.5 Å². The van der Waals surface area contributed by atoms with Crippen LogP contribution in [0.1, 0.15) is 45.8 Å². The summed E-state index contributed by atoms with van der Waals surface area (Å²) >= 11 is 0. The molecule has 1 heterocycles. The summed E-state index contributed by atoms with van der Waals surface area (Å²) in [6, 6.07) is 23.5. The van der Waals surface area contributed by atoms with E-state index < -0.39 is 0 Å². The van der Waals surface area contributed by atoms with Gasteiger partial charge in [0.05, 0.1) is 5.92 Å². The van der Waals surface area contributed by atoms with E-state index in [-0.39, 0.29) is 17.7 Å². The van der Waals surface area contributed by atoms with Gasteiger partial charge >= 0.3 is 0 Å². The number of aryl methyl sites for hydroxylation is 1. The minimum atomic E-state index is -0.114. The van der Waals surface area contributed by atoms with E-state index in [1.165, 1.54) is 11.1 Å². The lowest BCUT2D eigenvalue weighted by molar-refractivity contribution is -0.117. The standard InChI is InChI=1S/C26H24N2O2/c29-25(23-10-5-8-18-6-1-3-9-22(18)23)27-21-14-12-20(13-15-21)26(30)28-17-16-19-7-2-4-11-24(19)28/h1-4,6-7,9,11-15,23H,5,8,10,16-17H2,(H,27,29). The van der Waals surface area contributed by atoms with Gasteiger partial charge in [0.2, 0.25) is 5.91 Å². The normalized spacial score (nSPS) is 17.2. The third-order valence-electron chi connectivity index (χ3n) is 6.22. The number of hydrogen-bond donors (Lipinski definition) is 1. The molecule has 3 aromatic carbocycles. The summed E-state index contributed by atoms with van der Waals surface area (Å²) in [5, 5.41) is 3.04. The van der Waals surface area contributed by atoms with Crippen molar-refractivity contribution in [2.45, 2.75) is 31.6 Å². The lowest BCUT2D eigenvalue weighted by atomic mass is 9.82. The van der Waals surface area contributed by atoms with Crippen LogP contribution in [0.4, 0.5) is 11.4 Å².